The molecule has 0 aliphatic carbocycles. The first-order valence-electron chi connectivity index (χ1n) is 5.80. The van der Waals surface area contributed by atoms with Gasteiger partial charge in [-0.2, -0.15) is 8.42 Å². The van der Waals surface area contributed by atoms with Crippen LogP contribution in [0.5, 0.6) is 0 Å². The maximum atomic E-state index is 13.3. The predicted molar refractivity (Wildman–Crippen MR) is 68.8 cm³/mol. The Bertz CT molecular complexity index is 450. The highest BCUT2D eigenvalue weighted by molar-refractivity contribution is 7.85. The molecule has 4 nitrogen and oxygen atoms in total. The molecule has 1 aromatic rings. The molecule has 0 heterocycles. The molecule has 0 aliphatic heterocycles. The summed E-state index contributed by atoms with van der Waals surface area (Å²) in [5, 5.41) is 2.96. The Morgan fingerprint density at radius 3 is 2.44 bits per heavy atom. The van der Waals surface area contributed by atoms with E-state index in [1.807, 2.05) is 37.3 Å². The lowest BCUT2D eigenvalue weighted by atomic mass is 10.0. The maximum absolute atomic E-state index is 13.3. The second-order valence-electron chi connectivity index (χ2n) is 4.13. The number of nitrogens with one attached hydrogen (secondary N) is 1. The van der Waals surface area contributed by atoms with E-state index in [-0.39, 0.29) is 12.6 Å². The first-order chi connectivity index (χ1) is 8.42. The summed E-state index contributed by atoms with van der Waals surface area (Å²) in [5.41, 5.74) is 1.03. The number of hydrogen-bond donors (Lipinski definition) is 2. The minimum absolute atomic E-state index is 0.0224. The third-order valence-corrected chi connectivity index (χ3v) is 3.37. The van der Waals surface area contributed by atoms with Crippen molar-refractivity contribution in [3.8, 4) is 0 Å². The first kappa shape index (κ1) is 15.1. The molecule has 0 saturated heterocycles. The number of rotatable bonds is 7. The summed E-state index contributed by atoms with van der Waals surface area (Å²) < 4.78 is 42.9. The number of hydrogen-bond acceptors (Lipinski definition) is 3. The van der Waals surface area contributed by atoms with Crippen LogP contribution in [-0.2, 0) is 10.1 Å². The van der Waals surface area contributed by atoms with Gasteiger partial charge in [0.25, 0.3) is 10.1 Å². The summed E-state index contributed by atoms with van der Waals surface area (Å²) in [7, 11) is -4.26. The minimum atomic E-state index is -4.26. The van der Waals surface area contributed by atoms with Crippen LogP contribution in [0.2, 0.25) is 0 Å². The molecule has 0 aliphatic rings. The van der Waals surface area contributed by atoms with Crippen molar-refractivity contribution in [1.29, 1.82) is 0 Å². The molecule has 0 amide bonds. The van der Waals surface area contributed by atoms with Crippen LogP contribution in [0.3, 0.4) is 0 Å². The summed E-state index contributed by atoms with van der Waals surface area (Å²) in [5.74, 6) is -0.870. The van der Waals surface area contributed by atoms with Crippen LogP contribution >= 0.6 is 0 Å². The second-order valence-corrected chi connectivity index (χ2v) is 5.62. The zero-order valence-electron chi connectivity index (χ0n) is 10.2. The Hall–Kier alpha value is -0.980. The summed E-state index contributed by atoms with van der Waals surface area (Å²) in [6.45, 7) is 1.86. The summed E-state index contributed by atoms with van der Waals surface area (Å²) in [6.07, 6.45) is -0.847. The topological polar surface area (TPSA) is 66.4 Å². The quantitative estimate of drug-likeness (QED) is 0.746. The highest BCUT2D eigenvalue weighted by atomic mass is 32.2. The van der Waals surface area contributed by atoms with E-state index in [0.717, 1.165) is 12.0 Å². The van der Waals surface area contributed by atoms with Gasteiger partial charge in [-0.25, -0.2) is 4.39 Å². The summed E-state index contributed by atoms with van der Waals surface area (Å²) in [4.78, 5) is 0. The zero-order chi connectivity index (χ0) is 13.6. The lowest BCUT2D eigenvalue weighted by molar-refractivity contribution is 0.322. The Labute approximate surface area is 107 Å². The van der Waals surface area contributed by atoms with Crippen LogP contribution in [0.25, 0.3) is 0 Å². The molecular formula is C12H18FNO3S. The molecule has 6 heteroatoms. The van der Waals surface area contributed by atoms with Gasteiger partial charge in [0.15, 0.2) is 0 Å². The van der Waals surface area contributed by atoms with E-state index in [4.69, 9.17) is 4.55 Å². The van der Waals surface area contributed by atoms with E-state index in [2.05, 4.69) is 5.32 Å². The molecular weight excluding hydrogens is 257 g/mol. The van der Waals surface area contributed by atoms with Crippen molar-refractivity contribution in [3.63, 3.8) is 0 Å². The van der Waals surface area contributed by atoms with E-state index in [1.165, 1.54) is 0 Å². The minimum Gasteiger partial charge on any atom is -0.307 e. The van der Waals surface area contributed by atoms with E-state index < -0.39 is 22.0 Å². The van der Waals surface area contributed by atoms with Crippen LogP contribution in [0.4, 0.5) is 4.39 Å². The second kappa shape index (κ2) is 6.82. The van der Waals surface area contributed by atoms with Crippen molar-refractivity contribution in [2.24, 2.45) is 0 Å². The third kappa shape index (κ3) is 5.57. The van der Waals surface area contributed by atoms with E-state index >= 15 is 0 Å². The maximum Gasteiger partial charge on any atom is 0.267 e. The van der Waals surface area contributed by atoms with Crippen LogP contribution in [0, 0.1) is 0 Å². The molecule has 2 N–H and O–H groups in total. The van der Waals surface area contributed by atoms with Gasteiger partial charge in [0.1, 0.15) is 11.9 Å². The van der Waals surface area contributed by atoms with E-state index in [1.54, 1.807) is 0 Å². The Morgan fingerprint density at radius 2 is 1.94 bits per heavy atom. The SMILES string of the molecule is CC[C@@H](NC[C@H](F)CS(=O)(=O)O)c1ccccc1. The van der Waals surface area contributed by atoms with Gasteiger partial charge in [0, 0.05) is 12.6 Å². The smallest absolute Gasteiger partial charge is 0.267 e. The lowest BCUT2D eigenvalue weighted by Gasteiger charge is -2.18. The van der Waals surface area contributed by atoms with Crippen molar-refractivity contribution >= 4 is 10.1 Å². The highest BCUT2D eigenvalue weighted by Crippen LogP contribution is 2.15. The molecule has 0 aromatic heterocycles. The van der Waals surface area contributed by atoms with Crippen LogP contribution in [0.1, 0.15) is 24.9 Å². The molecule has 0 spiro atoms. The molecule has 18 heavy (non-hydrogen) atoms. The van der Waals surface area contributed by atoms with Gasteiger partial charge in [-0.1, -0.05) is 37.3 Å². The van der Waals surface area contributed by atoms with E-state index in [0.29, 0.717) is 0 Å². The highest BCUT2D eigenvalue weighted by Gasteiger charge is 2.17. The van der Waals surface area contributed by atoms with Crippen molar-refractivity contribution in [1.82, 2.24) is 5.32 Å². The number of alkyl halides is 1. The number of halogens is 1. The van der Waals surface area contributed by atoms with Crippen LogP contribution in [0.15, 0.2) is 30.3 Å². The molecule has 2 atom stereocenters. The summed E-state index contributed by atoms with van der Waals surface area (Å²) >= 11 is 0. The lowest BCUT2D eigenvalue weighted by Crippen LogP contribution is -2.32. The predicted octanol–water partition coefficient (Wildman–Crippen LogP) is 1.95. The van der Waals surface area contributed by atoms with Gasteiger partial charge >= 0.3 is 0 Å². The molecule has 0 unspecified atom stereocenters. The molecule has 0 radical (unpaired) electrons. The average Bonchev–Trinajstić information content (AvgIpc) is 2.29. The molecule has 0 fully saturated rings. The average molecular weight is 275 g/mol. The van der Waals surface area contributed by atoms with Crippen LogP contribution in [-0.4, -0.2) is 31.4 Å². The normalized spacial score (nSPS) is 15.3. The largest absolute Gasteiger partial charge is 0.307 e. The van der Waals surface area contributed by atoms with E-state index in [9.17, 15) is 12.8 Å². The molecule has 102 valence electrons. The van der Waals surface area contributed by atoms with Gasteiger partial charge in [-0.05, 0) is 12.0 Å². The zero-order valence-corrected chi connectivity index (χ0v) is 11.0. The Kier molecular flexibility index (Phi) is 5.71. The molecule has 1 rings (SSSR count). The third-order valence-electron chi connectivity index (χ3n) is 2.59. The Morgan fingerprint density at radius 1 is 1.33 bits per heavy atom. The summed E-state index contributed by atoms with van der Waals surface area (Å²) in [6, 6.07) is 9.52. The van der Waals surface area contributed by atoms with Crippen molar-refractivity contribution < 1.29 is 17.4 Å². The van der Waals surface area contributed by atoms with Gasteiger partial charge in [-0.3, -0.25) is 4.55 Å². The van der Waals surface area contributed by atoms with Crippen molar-refractivity contribution in [2.75, 3.05) is 12.3 Å². The van der Waals surface area contributed by atoms with Crippen molar-refractivity contribution in [3.05, 3.63) is 35.9 Å². The fraction of sp³-hybridized carbons (Fsp3) is 0.500. The number of benzene rings is 1. The van der Waals surface area contributed by atoms with Crippen LogP contribution < -0.4 is 5.32 Å². The molecule has 0 saturated carbocycles. The first-order valence-corrected chi connectivity index (χ1v) is 7.41. The molecule has 0 bridgehead atoms. The monoisotopic (exact) mass is 275 g/mol. The Balaban J connectivity index is 2.51. The van der Waals surface area contributed by atoms with Gasteiger partial charge in [0.2, 0.25) is 0 Å². The fourth-order valence-corrected chi connectivity index (χ4v) is 2.32. The standard InChI is InChI=1S/C12H18FNO3S/c1-2-12(10-6-4-3-5-7-10)14-8-11(13)9-18(15,16)17/h3-7,11-12,14H,2,8-9H2,1H3,(H,15,16,17)/t11-,12+/m0/s1. The van der Waals surface area contributed by atoms with Crippen molar-refractivity contribution in [2.45, 2.75) is 25.6 Å². The van der Waals surface area contributed by atoms with Gasteiger partial charge < -0.3 is 5.32 Å². The van der Waals surface area contributed by atoms with Gasteiger partial charge in [0.05, 0.1) is 0 Å². The fourth-order valence-electron chi connectivity index (χ4n) is 1.74. The van der Waals surface area contributed by atoms with Gasteiger partial charge in [-0.15, -0.1) is 0 Å². The molecule has 1 aromatic carbocycles.